The molecule has 0 aliphatic rings. The van der Waals surface area contributed by atoms with E-state index in [-0.39, 0.29) is 11.3 Å². The van der Waals surface area contributed by atoms with Crippen molar-refractivity contribution in [2.45, 2.75) is 19.8 Å². The predicted octanol–water partition coefficient (Wildman–Crippen LogP) is 3.34. The fourth-order valence-corrected chi connectivity index (χ4v) is 1.34. The van der Waals surface area contributed by atoms with Crippen molar-refractivity contribution >= 4 is 17.4 Å². The lowest BCUT2D eigenvalue weighted by atomic mass is 10.0. The fourth-order valence-electron chi connectivity index (χ4n) is 1.21. The smallest absolute Gasteiger partial charge is 0.165 e. The summed E-state index contributed by atoms with van der Waals surface area (Å²) < 4.78 is 13.3. The molecule has 1 nitrogen and oxygen atoms in total. The predicted molar refractivity (Wildman–Crippen MR) is 55.4 cm³/mol. The molecule has 0 N–H and O–H groups in total. The first-order valence-electron chi connectivity index (χ1n) is 4.50. The van der Waals surface area contributed by atoms with Crippen LogP contribution in [0.2, 0.25) is 0 Å². The first-order chi connectivity index (χ1) is 6.65. The minimum Gasteiger partial charge on any atom is -0.294 e. The monoisotopic (exact) mass is 214 g/mol. The molecule has 0 aliphatic heterocycles. The van der Waals surface area contributed by atoms with Gasteiger partial charge in [0.2, 0.25) is 0 Å². The second kappa shape index (κ2) is 5.11. The number of halogens is 2. The second-order valence-corrected chi connectivity index (χ2v) is 3.58. The summed E-state index contributed by atoms with van der Waals surface area (Å²) in [5, 5.41) is 0. The molecule has 0 fully saturated rings. The number of benzene rings is 1. The molecule has 14 heavy (non-hydrogen) atoms. The van der Waals surface area contributed by atoms with Crippen molar-refractivity contribution in [3.63, 3.8) is 0 Å². The topological polar surface area (TPSA) is 17.1 Å². The van der Waals surface area contributed by atoms with Gasteiger partial charge in [0, 0.05) is 12.3 Å². The molecule has 0 spiro atoms. The van der Waals surface area contributed by atoms with Gasteiger partial charge >= 0.3 is 0 Å². The summed E-state index contributed by atoms with van der Waals surface area (Å²) in [5.41, 5.74) is 0.983. The molecular weight excluding hydrogens is 203 g/mol. The van der Waals surface area contributed by atoms with Crippen molar-refractivity contribution in [1.82, 2.24) is 0 Å². The van der Waals surface area contributed by atoms with E-state index < -0.39 is 5.82 Å². The van der Waals surface area contributed by atoms with Crippen molar-refractivity contribution in [2.75, 3.05) is 5.88 Å². The Kier molecular flexibility index (Phi) is 4.08. The SMILES string of the molecule is Cc1ccc(C(=O)CCCCl)c(F)c1. The van der Waals surface area contributed by atoms with Gasteiger partial charge < -0.3 is 0 Å². The third-order valence-corrected chi connectivity index (χ3v) is 2.23. The van der Waals surface area contributed by atoms with Gasteiger partial charge in [0.15, 0.2) is 5.78 Å². The molecule has 0 unspecified atom stereocenters. The molecule has 1 aromatic carbocycles. The molecule has 0 saturated heterocycles. The van der Waals surface area contributed by atoms with Gasteiger partial charge in [-0.2, -0.15) is 0 Å². The molecule has 1 rings (SSSR count). The average molecular weight is 215 g/mol. The van der Waals surface area contributed by atoms with Crippen LogP contribution in [0.4, 0.5) is 4.39 Å². The molecule has 0 amide bonds. The van der Waals surface area contributed by atoms with Crippen LogP contribution < -0.4 is 0 Å². The van der Waals surface area contributed by atoms with Crippen LogP contribution in [0, 0.1) is 12.7 Å². The highest BCUT2D eigenvalue weighted by Crippen LogP contribution is 2.13. The number of alkyl halides is 1. The number of ketones is 1. The van der Waals surface area contributed by atoms with Crippen LogP contribution in [0.1, 0.15) is 28.8 Å². The highest BCUT2D eigenvalue weighted by molar-refractivity contribution is 6.18. The van der Waals surface area contributed by atoms with Crippen molar-refractivity contribution in [3.05, 3.63) is 35.1 Å². The molecule has 0 aromatic heterocycles. The largest absolute Gasteiger partial charge is 0.294 e. The standard InChI is InChI=1S/C11H12ClFO/c1-8-4-5-9(10(13)7-8)11(14)3-2-6-12/h4-5,7H,2-3,6H2,1H3. The molecule has 0 saturated carbocycles. The fraction of sp³-hybridized carbons (Fsp3) is 0.364. The molecule has 1 aromatic rings. The molecule has 76 valence electrons. The van der Waals surface area contributed by atoms with Crippen LogP contribution in [0.25, 0.3) is 0 Å². The van der Waals surface area contributed by atoms with Crippen LogP contribution in [0.5, 0.6) is 0 Å². The third kappa shape index (κ3) is 2.81. The Labute approximate surface area is 87.9 Å². The molecule has 0 radical (unpaired) electrons. The maximum Gasteiger partial charge on any atom is 0.165 e. The van der Waals surface area contributed by atoms with Crippen molar-refractivity contribution in [2.24, 2.45) is 0 Å². The zero-order valence-corrected chi connectivity index (χ0v) is 8.77. The van der Waals surface area contributed by atoms with E-state index in [0.717, 1.165) is 5.56 Å². The Morgan fingerprint density at radius 1 is 1.50 bits per heavy atom. The summed E-state index contributed by atoms with van der Waals surface area (Å²) in [7, 11) is 0. The van der Waals surface area contributed by atoms with E-state index in [9.17, 15) is 9.18 Å². The number of hydrogen-bond acceptors (Lipinski definition) is 1. The number of aryl methyl sites for hydroxylation is 1. The number of carbonyl (C=O) groups is 1. The van der Waals surface area contributed by atoms with Gasteiger partial charge in [-0.1, -0.05) is 6.07 Å². The van der Waals surface area contributed by atoms with Crippen molar-refractivity contribution < 1.29 is 9.18 Å². The van der Waals surface area contributed by atoms with E-state index in [4.69, 9.17) is 11.6 Å². The molecule has 0 heterocycles. The summed E-state index contributed by atoms with van der Waals surface area (Å²) >= 11 is 5.45. The van der Waals surface area contributed by atoms with E-state index >= 15 is 0 Å². The van der Waals surface area contributed by atoms with E-state index in [1.165, 1.54) is 12.1 Å². The highest BCUT2D eigenvalue weighted by Gasteiger charge is 2.10. The van der Waals surface area contributed by atoms with Crippen LogP contribution in [-0.4, -0.2) is 11.7 Å². The van der Waals surface area contributed by atoms with Gasteiger partial charge in [0.05, 0.1) is 5.56 Å². The van der Waals surface area contributed by atoms with Gasteiger partial charge in [0.25, 0.3) is 0 Å². The maximum atomic E-state index is 13.3. The van der Waals surface area contributed by atoms with Gasteiger partial charge in [0.1, 0.15) is 5.82 Å². The Hall–Kier alpha value is -0.890. The normalized spacial score (nSPS) is 10.2. The summed E-state index contributed by atoms with van der Waals surface area (Å²) in [4.78, 5) is 11.4. The highest BCUT2D eigenvalue weighted by atomic mass is 35.5. The van der Waals surface area contributed by atoms with Crippen LogP contribution in [-0.2, 0) is 0 Å². The Morgan fingerprint density at radius 2 is 2.21 bits per heavy atom. The van der Waals surface area contributed by atoms with E-state index in [1.54, 1.807) is 13.0 Å². The van der Waals surface area contributed by atoms with E-state index in [0.29, 0.717) is 18.7 Å². The second-order valence-electron chi connectivity index (χ2n) is 3.20. The quantitative estimate of drug-likeness (QED) is 0.555. The number of hydrogen-bond donors (Lipinski definition) is 0. The molecule has 0 aliphatic carbocycles. The molecule has 3 heteroatoms. The lowest BCUT2D eigenvalue weighted by Crippen LogP contribution is -2.02. The van der Waals surface area contributed by atoms with Gasteiger partial charge in [-0.15, -0.1) is 11.6 Å². The van der Waals surface area contributed by atoms with E-state index in [1.807, 2.05) is 0 Å². The lowest BCUT2D eigenvalue weighted by Gasteiger charge is -2.02. The number of Topliss-reactive ketones (excluding diaryl/α,β-unsaturated/α-hetero) is 1. The minimum atomic E-state index is -0.440. The summed E-state index contributed by atoms with van der Waals surface area (Å²) in [6.07, 6.45) is 0.900. The Bertz CT molecular complexity index is 336. The number of carbonyl (C=O) groups excluding carboxylic acids is 1. The van der Waals surface area contributed by atoms with Crippen molar-refractivity contribution in [1.29, 1.82) is 0 Å². The van der Waals surface area contributed by atoms with Gasteiger partial charge in [-0.25, -0.2) is 4.39 Å². The summed E-state index contributed by atoms with van der Waals surface area (Å²) in [6.45, 7) is 1.79. The summed E-state index contributed by atoms with van der Waals surface area (Å²) in [6, 6.07) is 4.63. The van der Waals surface area contributed by atoms with Crippen LogP contribution in [0.3, 0.4) is 0 Å². The first kappa shape index (κ1) is 11.2. The van der Waals surface area contributed by atoms with Crippen molar-refractivity contribution in [3.8, 4) is 0 Å². The zero-order valence-electron chi connectivity index (χ0n) is 8.02. The number of rotatable bonds is 4. The maximum absolute atomic E-state index is 13.3. The Morgan fingerprint density at radius 3 is 2.79 bits per heavy atom. The van der Waals surface area contributed by atoms with Gasteiger partial charge in [-0.3, -0.25) is 4.79 Å². The minimum absolute atomic E-state index is 0.167. The molecule has 0 atom stereocenters. The zero-order chi connectivity index (χ0) is 10.6. The van der Waals surface area contributed by atoms with Gasteiger partial charge in [-0.05, 0) is 31.0 Å². The van der Waals surface area contributed by atoms with Crippen LogP contribution in [0.15, 0.2) is 18.2 Å². The molecular formula is C11H12ClFO. The summed E-state index contributed by atoms with van der Waals surface area (Å²) in [5.74, 6) is -0.188. The average Bonchev–Trinajstić information content (AvgIpc) is 2.14. The van der Waals surface area contributed by atoms with Crippen LogP contribution >= 0.6 is 11.6 Å². The Balaban J connectivity index is 2.80. The molecule has 0 bridgehead atoms. The lowest BCUT2D eigenvalue weighted by molar-refractivity contribution is 0.0978. The third-order valence-electron chi connectivity index (χ3n) is 1.96. The van der Waals surface area contributed by atoms with E-state index in [2.05, 4.69) is 0 Å². The first-order valence-corrected chi connectivity index (χ1v) is 5.04.